The quantitative estimate of drug-likeness (QED) is 0.590. The lowest BCUT2D eigenvalue weighted by molar-refractivity contribution is 0.717. The van der Waals surface area contributed by atoms with Crippen LogP contribution in [0.5, 0.6) is 0 Å². The maximum atomic E-state index is 5.40. The Bertz CT molecular complexity index is 379. The van der Waals surface area contributed by atoms with Crippen LogP contribution in [0.15, 0.2) is 6.33 Å². The molecule has 0 spiro atoms. The zero-order chi connectivity index (χ0) is 11.7. The van der Waals surface area contributed by atoms with Gasteiger partial charge in [-0.2, -0.15) is 0 Å². The van der Waals surface area contributed by atoms with Crippen LogP contribution in [0.2, 0.25) is 0 Å². The van der Waals surface area contributed by atoms with Crippen molar-refractivity contribution in [2.75, 3.05) is 23.9 Å². The van der Waals surface area contributed by atoms with Gasteiger partial charge >= 0.3 is 0 Å². The van der Waals surface area contributed by atoms with Crippen LogP contribution < -0.4 is 16.2 Å². The third-order valence-electron chi connectivity index (χ3n) is 3.34. The summed E-state index contributed by atoms with van der Waals surface area (Å²) in [5.41, 5.74) is 3.59. The number of nitrogens with two attached hydrogens (primary N) is 1. The Morgan fingerprint density at radius 3 is 2.81 bits per heavy atom. The minimum absolute atomic E-state index is 0.695. The van der Waals surface area contributed by atoms with Crippen molar-refractivity contribution in [3.8, 4) is 0 Å². The number of hydrazine groups is 1. The molecule has 0 aliphatic heterocycles. The Morgan fingerprint density at radius 2 is 2.25 bits per heavy atom. The number of nitrogens with zero attached hydrogens (tertiary/aromatic N) is 3. The van der Waals surface area contributed by atoms with E-state index in [0.29, 0.717) is 5.82 Å². The number of hydrogen-bond donors (Lipinski definition) is 2. The fourth-order valence-corrected chi connectivity index (χ4v) is 2.06. The van der Waals surface area contributed by atoms with Crippen LogP contribution in [0.1, 0.15) is 18.9 Å². The Kier molecular flexibility index (Phi) is 2.96. The summed E-state index contributed by atoms with van der Waals surface area (Å²) in [6.45, 7) is 5.33. The van der Waals surface area contributed by atoms with Crippen molar-refractivity contribution in [1.29, 1.82) is 0 Å². The molecule has 1 heterocycles. The Labute approximate surface area is 96.0 Å². The van der Waals surface area contributed by atoms with Crippen LogP contribution in [-0.2, 0) is 0 Å². The molecule has 2 unspecified atom stereocenters. The number of hydrogen-bond acceptors (Lipinski definition) is 5. The molecule has 0 saturated heterocycles. The van der Waals surface area contributed by atoms with Crippen molar-refractivity contribution in [3.05, 3.63) is 11.9 Å². The molecule has 0 amide bonds. The summed E-state index contributed by atoms with van der Waals surface area (Å²) in [7, 11) is 2.07. The number of nitrogens with one attached hydrogen (secondary N) is 1. The summed E-state index contributed by atoms with van der Waals surface area (Å²) in [5.74, 6) is 8.72. The van der Waals surface area contributed by atoms with Crippen LogP contribution >= 0.6 is 0 Å². The summed E-state index contributed by atoms with van der Waals surface area (Å²) >= 11 is 0. The van der Waals surface area contributed by atoms with E-state index in [9.17, 15) is 0 Å². The van der Waals surface area contributed by atoms with E-state index in [1.165, 1.54) is 6.42 Å². The second kappa shape index (κ2) is 4.25. The molecule has 1 fully saturated rings. The molecule has 1 aliphatic rings. The number of anilines is 2. The van der Waals surface area contributed by atoms with Crippen molar-refractivity contribution in [1.82, 2.24) is 9.97 Å². The SMILES string of the molecule is Cc1c(NN)ncnc1N(C)CC1CC1C. The van der Waals surface area contributed by atoms with Crippen LogP contribution in [-0.4, -0.2) is 23.6 Å². The maximum Gasteiger partial charge on any atom is 0.148 e. The van der Waals surface area contributed by atoms with Gasteiger partial charge in [-0.15, -0.1) is 0 Å². The van der Waals surface area contributed by atoms with E-state index in [0.717, 1.165) is 29.8 Å². The predicted molar refractivity (Wildman–Crippen MR) is 65.1 cm³/mol. The molecule has 2 rings (SSSR count). The molecule has 2 atom stereocenters. The molecule has 1 aromatic heterocycles. The van der Waals surface area contributed by atoms with Gasteiger partial charge in [0.05, 0.1) is 0 Å². The first-order valence-corrected chi connectivity index (χ1v) is 5.62. The van der Waals surface area contributed by atoms with Gasteiger partial charge in [-0.1, -0.05) is 6.92 Å². The van der Waals surface area contributed by atoms with Gasteiger partial charge in [0.1, 0.15) is 18.0 Å². The van der Waals surface area contributed by atoms with E-state index in [1.54, 1.807) is 6.33 Å². The molecular weight excluding hydrogens is 202 g/mol. The van der Waals surface area contributed by atoms with Crippen molar-refractivity contribution in [2.24, 2.45) is 17.7 Å². The third-order valence-corrected chi connectivity index (χ3v) is 3.34. The second-order valence-corrected chi connectivity index (χ2v) is 4.67. The molecule has 1 saturated carbocycles. The Morgan fingerprint density at radius 1 is 1.56 bits per heavy atom. The fourth-order valence-electron chi connectivity index (χ4n) is 2.06. The van der Waals surface area contributed by atoms with Gasteiger partial charge in [0.2, 0.25) is 0 Å². The summed E-state index contributed by atoms with van der Waals surface area (Å²) in [6, 6.07) is 0. The number of rotatable bonds is 4. The first-order chi connectivity index (χ1) is 7.63. The topological polar surface area (TPSA) is 67.1 Å². The molecule has 1 aromatic rings. The third kappa shape index (κ3) is 2.09. The highest BCUT2D eigenvalue weighted by atomic mass is 15.3. The number of aromatic nitrogens is 2. The van der Waals surface area contributed by atoms with Crippen LogP contribution in [0, 0.1) is 18.8 Å². The molecule has 5 heteroatoms. The van der Waals surface area contributed by atoms with Crippen molar-refractivity contribution < 1.29 is 0 Å². The van der Waals surface area contributed by atoms with Gasteiger partial charge in [0.15, 0.2) is 0 Å². The standard InChI is InChI=1S/C11H19N5/c1-7-4-9(7)5-16(3)11-8(2)10(15-12)13-6-14-11/h6-7,9H,4-5,12H2,1-3H3,(H,13,14,15). The van der Waals surface area contributed by atoms with Crippen LogP contribution in [0.3, 0.4) is 0 Å². The van der Waals surface area contributed by atoms with Gasteiger partial charge in [-0.3, -0.25) is 0 Å². The average Bonchev–Trinajstić information content (AvgIpc) is 2.94. The summed E-state index contributed by atoms with van der Waals surface area (Å²) in [4.78, 5) is 10.6. The lowest BCUT2D eigenvalue weighted by Gasteiger charge is -2.20. The molecule has 0 radical (unpaired) electrons. The Balaban J connectivity index is 2.12. The van der Waals surface area contributed by atoms with E-state index in [2.05, 4.69) is 34.3 Å². The van der Waals surface area contributed by atoms with Gasteiger partial charge in [0.25, 0.3) is 0 Å². The van der Waals surface area contributed by atoms with E-state index >= 15 is 0 Å². The van der Waals surface area contributed by atoms with Crippen molar-refractivity contribution in [3.63, 3.8) is 0 Å². The van der Waals surface area contributed by atoms with Crippen molar-refractivity contribution in [2.45, 2.75) is 20.3 Å². The molecule has 0 bridgehead atoms. The van der Waals surface area contributed by atoms with Gasteiger partial charge < -0.3 is 10.3 Å². The number of nitrogen functional groups attached to an aromatic ring is 1. The van der Waals surface area contributed by atoms with Crippen LogP contribution in [0.4, 0.5) is 11.6 Å². The summed E-state index contributed by atoms with van der Waals surface area (Å²) < 4.78 is 0. The normalized spacial score (nSPS) is 23.0. The van der Waals surface area contributed by atoms with E-state index < -0.39 is 0 Å². The summed E-state index contributed by atoms with van der Waals surface area (Å²) in [6.07, 6.45) is 2.88. The van der Waals surface area contributed by atoms with Gasteiger partial charge in [0, 0.05) is 19.2 Å². The largest absolute Gasteiger partial charge is 0.359 e. The zero-order valence-corrected chi connectivity index (χ0v) is 10.1. The molecule has 1 aliphatic carbocycles. The van der Waals surface area contributed by atoms with E-state index in [-0.39, 0.29) is 0 Å². The predicted octanol–water partition coefficient (Wildman–Crippen LogP) is 1.16. The van der Waals surface area contributed by atoms with E-state index in [1.807, 2.05) is 6.92 Å². The van der Waals surface area contributed by atoms with Crippen LogP contribution in [0.25, 0.3) is 0 Å². The highest BCUT2D eigenvalue weighted by Crippen LogP contribution is 2.38. The minimum atomic E-state index is 0.695. The molecule has 88 valence electrons. The minimum Gasteiger partial charge on any atom is -0.359 e. The molecule has 0 aromatic carbocycles. The molecule has 5 nitrogen and oxygen atoms in total. The van der Waals surface area contributed by atoms with Gasteiger partial charge in [-0.05, 0) is 25.2 Å². The van der Waals surface area contributed by atoms with Crippen molar-refractivity contribution >= 4 is 11.6 Å². The Hall–Kier alpha value is -1.36. The lowest BCUT2D eigenvalue weighted by Crippen LogP contribution is -2.23. The molecular formula is C11H19N5. The first-order valence-electron chi connectivity index (χ1n) is 5.62. The highest BCUT2D eigenvalue weighted by Gasteiger charge is 2.33. The average molecular weight is 221 g/mol. The van der Waals surface area contributed by atoms with E-state index in [4.69, 9.17) is 5.84 Å². The smallest absolute Gasteiger partial charge is 0.148 e. The highest BCUT2D eigenvalue weighted by molar-refractivity contribution is 5.57. The molecule has 3 N–H and O–H groups in total. The lowest BCUT2D eigenvalue weighted by atomic mass is 10.2. The maximum absolute atomic E-state index is 5.40. The fraction of sp³-hybridized carbons (Fsp3) is 0.636. The second-order valence-electron chi connectivity index (χ2n) is 4.67. The first kappa shape index (κ1) is 11.1. The van der Waals surface area contributed by atoms with Gasteiger partial charge in [-0.25, -0.2) is 15.8 Å². The summed E-state index contributed by atoms with van der Waals surface area (Å²) in [5, 5.41) is 0. The monoisotopic (exact) mass is 221 g/mol. The zero-order valence-electron chi connectivity index (χ0n) is 10.1. The molecule has 16 heavy (non-hydrogen) atoms.